The number of nitrogen functional groups attached to an aromatic ring is 1. The normalized spacial score (nSPS) is 12.5. The fourth-order valence-corrected chi connectivity index (χ4v) is 3.67. The van der Waals surface area contributed by atoms with Crippen LogP contribution in [-0.4, -0.2) is 46.2 Å². The standard InChI is InChI=1S/C22H22N8O2/c1-13-8-17-15(11-24-13)10-19(21(23)27-17)32-14(2)20-18(29-5-3-4-25-29)9-16-12-26-30(6-7-31)22(16)28-20/h3-5,8-12,14,31H,6-7H2,1-2H3,(H2,23,27)/t14-/m0/s1. The molecule has 0 unspecified atom stereocenters. The second kappa shape index (κ2) is 7.89. The molecule has 10 nitrogen and oxygen atoms in total. The number of nitrogens with zero attached hydrogens (tertiary/aromatic N) is 7. The number of aliphatic hydroxyl groups excluding tert-OH is 1. The van der Waals surface area contributed by atoms with Crippen LogP contribution in [0.25, 0.3) is 27.6 Å². The van der Waals surface area contributed by atoms with Gasteiger partial charge in [-0.15, -0.1) is 0 Å². The third-order valence-corrected chi connectivity index (χ3v) is 5.20. The monoisotopic (exact) mass is 430 g/mol. The minimum absolute atomic E-state index is 0.0342. The molecule has 0 aliphatic carbocycles. The summed E-state index contributed by atoms with van der Waals surface area (Å²) in [5.74, 6) is 0.745. The SMILES string of the molecule is Cc1cc2nc(N)c(O[C@@H](C)c3nc4c(cnn4CCO)cc3-n3cccn3)cc2cn1. The molecule has 32 heavy (non-hydrogen) atoms. The van der Waals surface area contributed by atoms with Crippen molar-refractivity contribution in [3.05, 3.63) is 60.4 Å². The highest BCUT2D eigenvalue weighted by Gasteiger charge is 2.21. The van der Waals surface area contributed by atoms with E-state index in [2.05, 4.69) is 20.2 Å². The summed E-state index contributed by atoms with van der Waals surface area (Å²) < 4.78 is 9.64. The lowest BCUT2D eigenvalue weighted by Gasteiger charge is -2.19. The Balaban J connectivity index is 1.59. The number of rotatable bonds is 6. The number of hydrogen-bond donors (Lipinski definition) is 2. The van der Waals surface area contributed by atoms with Gasteiger partial charge >= 0.3 is 0 Å². The van der Waals surface area contributed by atoms with E-state index in [-0.39, 0.29) is 6.61 Å². The number of hydrogen-bond acceptors (Lipinski definition) is 8. The highest BCUT2D eigenvalue weighted by Crippen LogP contribution is 2.32. The Bertz CT molecular complexity index is 1410. The van der Waals surface area contributed by atoms with Crippen molar-refractivity contribution < 1.29 is 9.84 Å². The molecule has 0 aromatic carbocycles. The Labute approximate surface area is 183 Å². The van der Waals surface area contributed by atoms with Crippen LogP contribution in [0.15, 0.2) is 49.1 Å². The molecule has 162 valence electrons. The topological polar surface area (TPSA) is 130 Å². The summed E-state index contributed by atoms with van der Waals surface area (Å²) in [6.45, 7) is 4.11. The van der Waals surface area contributed by atoms with Crippen LogP contribution in [0.1, 0.15) is 24.4 Å². The van der Waals surface area contributed by atoms with Crippen LogP contribution in [0.4, 0.5) is 5.82 Å². The Morgan fingerprint density at radius 1 is 1.12 bits per heavy atom. The average molecular weight is 430 g/mol. The molecule has 3 N–H and O–H groups in total. The molecule has 5 heterocycles. The van der Waals surface area contributed by atoms with Crippen LogP contribution >= 0.6 is 0 Å². The Morgan fingerprint density at radius 2 is 2.00 bits per heavy atom. The quantitative estimate of drug-likeness (QED) is 0.420. The van der Waals surface area contributed by atoms with E-state index in [9.17, 15) is 5.11 Å². The molecule has 0 bridgehead atoms. The van der Waals surface area contributed by atoms with Crippen LogP contribution in [0.5, 0.6) is 5.75 Å². The maximum atomic E-state index is 9.36. The summed E-state index contributed by atoms with van der Waals surface area (Å²) in [5, 5.41) is 19.7. The summed E-state index contributed by atoms with van der Waals surface area (Å²) in [5.41, 5.74) is 9.91. The predicted octanol–water partition coefficient (Wildman–Crippen LogP) is 2.58. The molecular formula is C22H22N8O2. The Hall–Kier alpha value is -4.05. The lowest BCUT2D eigenvalue weighted by Crippen LogP contribution is -2.13. The van der Waals surface area contributed by atoms with Gasteiger partial charge in [0, 0.05) is 35.1 Å². The average Bonchev–Trinajstić information content (AvgIpc) is 3.44. The lowest BCUT2D eigenvalue weighted by molar-refractivity contribution is 0.222. The number of aryl methyl sites for hydroxylation is 1. The molecule has 0 aliphatic rings. The largest absolute Gasteiger partial charge is 0.480 e. The molecule has 0 radical (unpaired) electrons. The van der Waals surface area contributed by atoms with Crippen LogP contribution in [0.2, 0.25) is 0 Å². The molecule has 5 aromatic heterocycles. The summed E-state index contributed by atoms with van der Waals surface area (Å²) in [6, 6.07) is 7.52. The van der Waals surface area contributed by atoms with E-state index in [0.717, 1.165) is 27.7 Å². The van der Waals surface area contributed by atoms with Crippen molar-refractivity contribution in [2.45, 2.75) is 26.5 Å². The zero-order chi connectivity index (χ0) is 22.2. The van der Waals surface area contributed by atoms with Crippen molar-refractivity contribution >= 4 is 27.8 Å². The third-order valence-electron chi connectivity index (χ3n) is 5.20. The van der Waals surface area contributed by atoms with Gasteiger partial charge in [0.25, 0.3) is 0 Å². The fraction of sp³-hybridized carbons (Fsp3) is 0.227. The van der Waals surface area contributed by atoms with Crippen molar-refractivity contribution in [1.82, 2.24) is 34.5 Å². The Kier molecular flexibility index (Phi) is 4.91. The number of anilines is 1. The van der Waals surface area contributed by atoms with E-state index in [4.69, 9.17) is 15.5 Å². The van der Waals surface area contributed by atoms with Crippen LogP contribution < -0.4 is 10.5 Å². The van der Waals surface area contributed by atoms with E-state index >= 15 is 0 Å². The number of pyridine rings is 3. The smallest absolute Gasteiger partial charge is 0.166 e. The molecule has 10 heteroatoms. The fourth-order valence-electron chi connectivity index (χ4n) is 3.67. The van der Waals surface area contributed by atoms with Gasteiger partial charge in [-0.25, -0.2) is 19.3 Å². The minimum Gasteiger partial charge on any atom is -0.480 e. The van der Waals surface area contributed by atoms with Crippen molar-refractivity contribution in [3.8, 4) is 11.4 Å². The number of aliphatic hydroxyl groups is 1. The van der Waals surface area contributed by atoms with Gasteiger partial charge in [0.15, 0.2) is 17.2 Å². The first-order valence-corrected chi connectivity index (χ1v) is 10.2. The summed E-state index contributed by atoms with van der Waals surface area (Å²) in [4.78, 5) is 13.6. The van der Waals surface area contributed by atoms with E-state index in [1.807, 2.05) is 44.3 Å². The first kappa shape index (κ1) is 19.9. The molecule has 0 saturated carbocycles. The first-order valence-electron chi connectivity index (χ1n) is 10.2. The maximum Gasteiger partial charge on any atom is 0.166 e. The van der Waals surface area contributed by atoms with Crippen molar-refractivity contribution in [2.75, 3.05) is 12.3 Å². The second-order valence-corrected chi connectivity index (χ2v) is 7.50. The zero-order valence-electron chi connectivity index (χ0n) is 17.7. The van der Waals surface area contributed by atoms with E-state index in [1.165, 1.54) is 0 Å². The van der Waals surface area contributed by atoms with Gasteiger partial charge in [-0.05, 0) is 38.1 Å². The van der Waals surface area contributed by atoms with Gasteiger partial charge in [-0.1, -0.05) is 0 Å². The predicted molar refractivity (Wildman–Crippen MR) is 119 cm³/mol. The van der Waals surface area contributed by atoms with E-state index in [0.29, 0.717) is 29.5 Å². The van der Waals surface area contributed by atoms with Crippen molar-refractivity contribution in [1.29, 1.82) is 0 Å². The van der Waals surface area contributed by atoms with E-state index < -0.39 is 6.10 Å². The first-order chi connectivity index (χ1) is 15.5. The van der Waals surface area contributed by atoms with Gasteiger partial charge in [0.1, 0.15) is 11.8 Å². The van der Waals surface area contributed by atoms with E-state index in [1.54, 1.807) is 28.0 Å². The highest BCUT2D eigenvalue weighted by molar-refractivity contribution is 5.82. The zero-order valence-corrected chi connectivity index (χ0v) is 17.7. The van der Waals surface area contributed by atoms with Crippen LogP contribution in [0, 0.1) is 6.92 Å². The molecule has 0 saturated heterocycles. The molecule has 1 atom stereocenters. The number of aromatic nitrogens is 7. The number of ether oxygens (including phenoxy) is 1. The Morgan fingerprint density at radius 3 is 2.78 bits per heavy atom. The van der Waals surface area contributed by atoms with Gasteiger partial charge in [-0.3, -0.25) is 4.98 Å². The van der Waals surface area contributed by atoms with Gasteiger partial charge in [0.2, 0.25) is 0 Å². The lowest BCUT2D eigenvalue weighted by atomic mass is 10.1. The second-order valence-electron chi connectivity index (χ2n) is 7.50. The van der Waals surface area contributed by atoms with Crippen molar-refractivity contribution in [2.24, 2.45) is 0 Å². The molecule has 0 fully saturated rings. The molecule has 0 amide bonds. The van der Waals surface area contributed by atoms with Gasteiger partial charge in [-0.2, -0.15) is 10.2 Å². The maximum absolute atomic E-state index is 9.36. The van der Waals surface area contributed by atoms with Crippen LogP contribution in [-0.2, 0) is 6.54 Å². The number of fused-ring (bicyclic) bond motifs is 2. The van der Waals surface area contributed by atoms with Crippen molar-refractivity contribution in [3.63, 3.8) is 0 Å². The summed E-state index contributed by atoms with van der Waals surface area (Å²) in [6.07, 6.45) is 6.55. The van der Waals surface area contributed by atoms with Gasteiger partial charge < -0.3 is 15.6 Å². The van der Waals surface area contributed by atoms with Gasteiger partial charge in [0.05, 0.1) is 30.6 Å². The molecule has 5 aromatic rings. The van der Waals surface area contributed by atoms with Crippen LogP contribution in [0.3, 0.4) is 0 Å². The molecular weight excluding hydrogens is 408 g/mol. The highest BCUT2D eigenvalue weighted by atomic mass is 16.5. The summed E-state index contributed by atoms with van der Waals surface area (Å²) >= 11 is 0. The minimum atomic E-state index is -0.476. The molecule has 0 spiro atoms. The third kappa shape index (κ3) is 3.50. The summed E-state index contributed by atoms with van der Waals surface area (Å²) in [7, 11) is 0. The number of nitrogens with two attached hydrogens (primary N) is 1. The molecule has 5 rings (SSSR count). The molecule has 0 aliphatic heterocycles.